The molecule has 290 valence electrons. The Bertz CT molecular complexity index is 4720. The molecular formula is C57H37N5. The van der Waals surface area contributed by atoms with Gasteiger partial charge in [0.15, 0.2) is 5.82 Å². The first-order valence-corrected chi connectivity index (χ1v) is 19.0. The molecule has 5 heteroatoms. The van der Waals surface area contributed by atoms with Gasteiger partial charge in [-0.25, -0.2) is 0 Å². The maximum atomic E-state index is 9.95. The standard InChI is InChI=1S/C57H37N5/c1-4-14-38(15-5-1)41-24-26-42(27-25-41)43-28-30-44(31-29-43)55-58-56(61-51-22-12-10-20-47(51)49-34-32-45(36-53(49)61)39-16-6-2-7-17-39)60-57(59-55)62-52-23-13-11-21-48(52)50-35-33-46(37-54(50)62)40-18-8-3-9-19-40/h1-37H/i2D,3D,6D,7D,8D,9D,10D,11D,12D,13D,16D,17D,18D,19D,20D,21D,22D,23D,32D,33D,34D,35D,36D,37D. The molecule has 0 saturated heterocycles. The summed E-state index contributed by atoms with van der Waals surface area (Å²) in [4.78, 5) is 14.5. The molecule has 62 heavy (non-hydrogen) atoms. The first kappa shape index (κ1) is 18.9. The van der Waals surface area contributed by atoms with Crippen LogP contribution >= 0.6 is 0 Å². The molecule has 9 aromatic carbocycles. The van der Waals surface area contributed by atoms with Gasteiger partial charge in [0.05, 0.1) is 55.0 Å². The highest BCUT2D eigenvalue weighted by Gasteiger charge is 2.21. The van der Waals surface area contributed by atoms with E-state index in [2.05, 4.69) is 0 Å². The van der Waals surface area contributed by atoms with Crippen molar-refractivity contribution in [2.45, 2.75) is 0 Å². The summed E-state index contributed by atoms with van der Waals surface area (Å²) in [7, 11) is 0. The Morgan fingerprint density at radius 3 is 1.15 bits per heavy atom. The Morgan fingerprint density at radius 2 is 0.677 bits per heavy atom. The van der Waals surface area contributed by atoms with E-state index >= 15 is 0 Å². The molecule has 0 N–H and O–H groups in total. The zero-order valence-corrected chi connectivity index (χ0v) is 31.7. The zero-order valence-electron chi connectivity index (χ0n) is 55.7. The van der Waals surface area contributed by atoms with Gasteiger partial charge in [0.1, 0.15) is 0 Å². The second-order valence-electron chi connectivity index (χ2n) is 13.8. The quantitative estimate of drug-likeness (QED) is 0.161. The topological polar surface area (TPSA) is 48.5 Å². The lowest BCUT2D eigenvalue weighted by Gasteiger charge is -2.13. The van der Waals surface area contributed by atoms with E-state index in [0.29, 0.717) is 5.56 Å². The van der Waals surface area contributed by atoms with E-state index in [-0.39, 0.29) is 11.4 Å². The predicted octanol–water partition coefficient (Wildman–Crippen LogP) is 14.4. The first-order valence-electron chi connectivity index (χ1n) is 31.0. The van der Waals surface area contributed by atoms with Crippen molar-refractivity contribution in [2.75, 3.05) is 0 Å². The minimum Gasteiger partial charge on any atom is -0.278 e. The predicted molar refractivity (Wildman–Crippen MR) is 256 cm³/mol. The van der Waals surface area contributed by atoms with E-state index in [9.17, 15) is 13.7 Å². The molecule has 0 bridgehead atoms. The molecule has 12 rings (SSSR count). The van der Waals surface area contributed by atoms with Crippen LogP contribution in [-0.4, -0.2) is 24.1 Å². The van der Waals surface area contributed by atoms with Crippen LogP contribution < -0.4 is 0 Å². The highest BCUT2D eigenvalue weighted by Crippen LogP contribution is 2.38. The van der Waals surface area contributed by atoms with E-state index in [4.69, 9.17) is 34.1 Å². The molecule has 0 aliphatic heterocycles. The minimum atomic E-state index is -0.864. The minimum absolute atomic E-state index is 0.172. The lowest BCUT2D eigenvalue weighted by atomic mass is 9.99. The van der Waals surface area contributed by atoms with Crippen LogP contribution in [0.2, 0.25) is 0 Å². The lowest BCUT2D eigenvalue weighted by Crippen LogP contribution is -2.10. The summed E-state index contributed by atoms with van der Waals surface area (Å²) in [6.45, 7) is 0. The van der Waals surface area contributed by atoms with Gasteiger partial charge < -0.3 is 0 Å². The molecule has 0 saturated carbocycles. The molecule has 0 aliphatic carbocycles. The summed E-state index contributed by atoms with van der Waals surface area (Å²) < 4.78 is 219. The third-order valence-electron chi connectivity index (χ3n) is 10.3. The van der Waals surface area contributed by atoms with Gasteiger partial charge in [-0.15, -0.1) is 0 Å². The molecule has 0 spiro atoms. The summed E-state index contributed by atoms with van der Waals surface area (Å²) in [6.07, 6.45) is 0. The normalized spacial score (nSPS) is 17.0. The van der Waals surface area contributed by atoms with Gasteiger partial charge in [0, 0.05) is 27.1 Å². The number of nitrogens with zero attached hydrogens (tertiary/aromatic N) is 5. The molecule has 3 heterocycles. The number of aromatic nitrogens is 5. The summed E-state index contributed by atoms with van der Waals surface area (Å²) >= 11 is 0. The number of hydrogen-bond donors (Lipinski definition) is 0. The lowest BCUT2D eigenvalue weighted by molar-refractivity contribution is 0.893. The molecule has 0 fully saturated rings. The van der Waals surface area contributed by atoms with Crippen LogP contribution in [-0.2, 0) is 0 Å². The van der Waals surface area contributed by atoms with Gasteiger partial charge >= 0.3 is 0 Å². The Hall–Kier alpha value is -8.41. The highest BCUT2D eigenvalue weighted by molar-refractivity contribution is 6.11. The fourth-order valence-electron chi connectivity index (χ4n) is 7.40. The number of benzene rings is 9. The van der Waals surface area contributed by atoms with E-state index in [0.717, 1.165) is 25.8 Å². The Balaban J connectivity index is 1.26. The summed E-state index contributed by atoms with van der Waals surface area (Å²) in [5, 5.41) is -1.81. The average Bonchev–Trinajstić information content (AvgIpc) is 1.54. The monoisotopic (exact) mass is 815 g/mol. The van der Waals surface area contributed by atoms with E-state index < -0.39 is 223 Å². The molecule has 0 amide bonds. The summed E-state index contributed by atoms with van der Waals surface area (Å²) in [5.41, 5.74) is -1.27. The molecule has 0 unspecified atom stereocenters. The number of fused-ring (bicyclic) bond motifs is 6. The van der Waals surface area contributed by atoms with Gasteiger partial charge in [-0.1, -0.05) is 200 Å². The van der Waals surface area contributed by atoms with Gasteiger partial charge in [-0.05, 0) is 68.7 Å². The van der Waals surface area contributed by atoms with E-state index in [1.165, 1.54) is 0 Å². The van der Waals surface area contributed by atoms with Crippen LogP contribution in [0.5, 0.6) is 0 Å². The van der Waals surface area contributed by atoms with Crippen molar-refractivity contribution >= 4 is 43.6 Å². The molecule has 3 aromatic heterocycles. The molecule has 0 atom stereocenters. The maximum Gasteiger partial charge on any atom is 0.240 e. The SMILES string of the molecule is [2H]c1c([2H])c([2H])c(-c2c([2H])c([2H])c3c4c([2H])c([2H])c([2H])c([2H])c4n(-c4nc(-c5ccc(-c6ccc(-c7ccccc7)cc6)cc5)nc(-n5c6c([2H])c([2H])c([2H])c([2H])c6c6c([2H])c([2H])c(-c7c([2H])c([2H])c([2H])c([2H])c7[2H])c([2H])c65)n4)c3c2[2H])c([2H])c1[2H]. The average molecular weight is 816 g/mol. The van der Waals surface area contributed by atoms with Crippen LogP contribution in [0.1, 0.15) is 32.9 Å². The van der Waals surface area contributed by atoms with Crippen molar-refractivity contribution in [2.24, 2.45) is 0 Å². The van der Waals surface area contributed by atoms with Crippen LogP contribution in [0.4, 0.5) is 0 Å². The Kier molecular flexibility index (Phi) is 4.48. The third kappa shape index (κ3) is 6.06. The van der Waals surface area contributed by atoms with Crippen molar-refractivity contribution in [1.29, 1.82) is 0 Å². The highest BCUT2D eigenvalue weighted by atomic mass is 15.3. The molecule has 0 aliphatic rings. The first-order chi connectivity index (χ1) is 40.7. The van der Waals surface area contributed by atoms with Crippen LogP contribution in [0, 0.1) is 0 Å². The summed E-state index contributed by atoms with van der Waals surface area (Å²) in [6, 6.07) is 4.04. The fourth-order valence-corrected chi connectivity index (χ4v) is 7.40. The van der Waals surface area contributed by atoms with Gasteiger partial charge in [0.2, 0.25) is 11.9 Å². The fraction of sp³-hybridized carbons (Fsp3) is 0. The third-order valence-corrected chi connectivity index (χ3v) is 10.3. The molecule has 5 nitrogen and oxygen atoms in total. The van der Waals surface area contributed by atoms with Crippen LogP contribution in [0.3, 0.4) is 0 Å². The maximum absolute atomic E-state index is 9.95. The van der Waals surface area contributed by atoms with Crippen LogP contribution in [0.15, 0.2) is 224 Å². The smallest absolute Gasteiger partial charge is 0.240 e. The van der Waals surface area contributed by atoms with Crippen molar-refractivity contribution in [3.8, 4) is 67.8 Å². The Labute approximate surface area is 392 Å². The van der Waals surface area contributed by atoms with E-state index in [1.807, 2.05) is 54.6 Å². The second kappa shape index (κ2) is 14.7. The van der Waals surface area contributed by atoms with Crippen molar-refractivity contribution in [1.82, 2.24) is 24.1 Å². The second-order valence-corrected chi connectivity index (χ2v) is 13.8. The molecule has 0 radical (unpaired) electrons. The van der Waals surface area contributed by atoms with Crippen molar-refractivity contribution < 1.29 is 32.9 Å². The van der Waals surface area contributed by atoms with Crippen molar-refractivity contribution in [3.63, 3.8) is 0 Å². The largest absolute Gasteiger partial charge is 0.278 e. The summed E-state index contributed by atoms with van der Waals surface area (Å²) in [5.74, 6) is -1.67. The zero-order chi connectivity index (χ0) is 61.9. The van der Waals surface area contributed by atoms with Gasteiger partial charge in [0.25, 0.3) is 0 Å². The van der Waals surface area contributed by atoms with Gasteiger partial charge in [-0.2, -0.15) is 15.0 Å². The van der Waals surface area contributed by atoms with Crippen LogP contribution in [0.25, 0.3) is 111 Å². The van der Waals surface area contributed by atoms with E-state index in [1.54, 1.807) is 24.3 Å². The molecule has 12 aromatic rings. The Morgan fingerprint density at radius 1 is 0.290 bits per heavy atom. The number of para-hydroxylation sites is 2. The van der Waals surface area contributed by atoms with Crippen molar-refractivity contribution in [3.05, 3.63) is 224 Å². The number of hydrogen-bond acceptors (Lipinski definition) is 3. The van der Waals surface area contributed by atoms with Gasteiger partial charge in [-0.3, -0.25) is 9.13 Å². The number of rotatable bonds is 7. The molecular weight excluding hydrogens is 755 g/mol.